The molecule has 1 heterocycles. The molecular weight excluding hydrogens is 316 g/mol. The number of nitrogens with zero attached hydrogens (tertiary/aromatic N) is 1. The molecular formula is C20H28N2O3. The Labute approximate surface area is 149 Å². The highest BCUT2D eigenvalue weighted by atomic mass is 16.5. The fraction of sp³-hybridized carbons (Fsp3) is 0.600. The summed E-state index contributed by atoms with van der Waals surface area (Å²) >= 11 is 0. The van der Waals surface area contributed by atoms with Crippen LogP contribution in [0.15, 0.2) is 24.3 Å². The first kappa shape index (κ1) is 17.8. The molecule has 1 aromatic carbocycles. The second-order valence-electron chi connectivity index (χ2n) is 7.37. The third-order valence-electron chi connectivity index (χ3n) is 5.26. The highest BCUT2D eigenvalue weighted by molar-refractivity contribution is 5.92. The summed E-state index contributed by atoms with van der Waals surface area (Å²) in [6.45, 7) is 4.47. The third-order valence-corrected chi connectivity index (χ3v) is 5.26. The highest BCUT2D eigenvalue weighted by Crippen LogP contribution is 2.40. The number of amides is 2. The van der Waals surface area contributed by atoms with E-state index in [0.29, 0.717) is 18.9 Å². The second kappa shape index (κ2) is 7.89. The molecule has 3 unspecified atom stereocenters. The average molecular weight is 344 g/mol. The summed E-state index contributed by atoms with van der Waals surface area (Å²) in [5.41, 5.74) is 1.13. The van der Waals surface area contributed by atoms with Crippen LogP contribution in [0, 0.1) is 17.8 Å². The molecule has 3 atom stereocenters. The Hall–Kier alpha value is -2.04. The number of hydrogen-bond donors (Lipinski definition) is 1. The Bertz CT molecular complexity index is 631. The maximum atomic E-state index is 12.5. The Morgan fingerprint density at radius 3 is 2.92 bits per heavy atom. The second-order valence-corrected chi connectivity index (χ2v) is 7.37. The predicted molar refractivity (Wildman–Crippen MR) is 96.3 cm³/mol. The van der Waals surface area contributed by atoms with Gasteiger partial charge in [-0.2, -0.15) is 0 Å². The van der Waals surface area contributed by atoms with Crippen LogP contribution in [0.4, 0.5) is 0 Å². The number of carbonyl (C=O) groups excluding carboxylic acids is 2. The van der Waals surface area contributed by atoms with Crippen LogP contribution in [0.5, 0.6) is 5.75 Å². The quantitative estimate of drug-likeness (QED) is 0.861. The van der Waals surface area contributed by atoms with Gasteiger partial charge in [-0.15, -0.1) is 0 Å². The van der Waals surface area contributed by atoms with E-state index in [-0.39, 0.29) is 23.7 Å². The first-order valence-corrected chi connectivity index (χ1v) is 9.28. The maximum absolute atomic E-state index is 12.5. The van der Waals surface area contributed by atoms with Gasteiger partial charge in [0.2, 0.25) is 11.8 Å². The number of ether oxygens (including phenoxy) is 1. The van der Waals surface area contributed by atoms with Gasteiger partial charge >= 0.3 is 0 Å². The number of piperidine rings is 1. The number of carbonyl (C=O) groups is 2. The summed E-state index contributed by atoms with van der Waals surface area (Å²) in [5, 5.41) is 2.98. The summed E-state index contributed by atoms with van der Waals surface area (Å²) in [7, 11) is 1.65. The summed E-state index contributed by atoms with van der Waals surface area (Å²) in [5.74, 6) is 1.38. The normalized spacial score (nSPS) is 25.4. The SMILES string of the molecule is COc1cccc(CCNC(=O)C2CC2C(=O)N2CCCC(C)C2)c1. The van der Waals surface area contributed by atoms with E-state index in [1.54, 1.807) is 7.11 Å². The molecule has 1 saturated heterocycles. The molecule has 2 amide bonds. The van der Waals surface area contributed by atoms with Crippen molar-refractivity contribution in [1.82, 2.24) is 10.2 Å². The first-order chi connectivity index (χ1) is 12.1. The highest BCUT2D eigenvalue weighted by Gasteiger charge is 2.49. The monoisotopic (exact) mass is 344 g/mol. The van der Waals surface area contributed by atoms with Crippen LogP contribution in [0.25, 0.3) is 0 Å². The van der Waals surface area contributed by atoms with E-state index < -0.39 is 0 Å². The van der Waals surface area contributed by atoms with Crippen LogP contribution in [-0.4, -0.2) is 43.5 Å². The van der Waals surface area contributed by atoms with Gasteiger partial charge in [-0.3, -0.25) is 9.59 Å². The minimum absolute atomic E-state index is 0.0197. The smallest absolute Gasteiger partial charge is 0.226 e. The minimum Gasteiger partial charge on any atom is -0.497 e. The van der Waals surface area contributed by atoms with Crippen LogP contribution in [-0.2, 0) is 16.0 Å². The molecule has 1 aromatic rings. The molecule has 25 heavy (non-hydrogen) atoms. The number of likely N-dealkylation sites (tertiary alicyclic amines) is 1. The molecule has 0 spiro atoms. The molecule has 5 heteroatoms. The zero-order valence-corrected chi connectivity index (χ0v) is 15.2. The molecule has 2 aliphatic rings. The molecule has 0 radical (unpaired) electrons. The molecule has 1 saturated carbocycles. The molecule has 5 nitrogen and oxygen atoms in total. The van der Waals surface area contributed by atoms with Crippen molar-refractivity contribution in [1.29, 1.82) is 0 Å². The largest absolute Gasteiger partial charge is 0.497 e. The van der Waals surface area contributed by atoms with Crippen LogP contribution in [0.3, 0.4) is 0 Å². The Kier molecular flexibility index (Phi) is 5.61. The maximum Gasteiger partial charge on any atom is 0.226 e. The summed E-state index contributed by atoms with van der Waals surface area (Å²) in [6, 6.07) is 7.86. The van der Waals surface area contributed by atoms with Crippen molar-refractivity contribution in [2.45, 2.75) is 32.6 Å². The van der Waals surface area contributed by atoms with E-state index in [4.69, 9.17) is 4.74 Å². The molecule has 0 aromatic heterocycles. The van der Waals surface area contributed by atoms with E-state index in [9.17, 15) is 9.59 Å². The van der Waals surface area contributed by atoms with Gasteiger partial charge in [0.1, 0.15) is 5.75 Å². The van der Waals surface area contributed by atoms with E-state index in [0.717, 1.165) is 37.2 Å². The lowest BCUT2D eigenvalue weighted by molar-refractivity contribution is -0.136. The van der Waals surface area contributed by atoms with Gasteiger partial charge in [0.05, 0.1) is 18.9 Å². The number of rotatable bonds is 6. The Balaban J connectivity index is 1.41. The zero-order chi connectivity index (χ0) is 17.8. The van der Waals surface area contributed by atoms with E-state index in [2.05, 4.69) is 12.2 Å². The average Bonchev–Trinajstić information content (AvgIpc) is 3.42. The van der Waals surface area contributed by atoms with Gasteiger partial charge in [0.15, 0.2) is 0 Å². The Morgan fingerprint density at radius 1 is 1.32 bits per heavy atom. The lowest BCUT2D eigenvalue weighted by Crippen LogP contribution is -2.41. The summed E-state index contributed by atoms with van der Waals surface area (Å²) < 4.78 is 5.21. The molecule has 1 aliphatic carbocycles. The van der Waals surface area contributed by atoms with Gasteiger partial charge in [-0.25, -0.2) is 0 Å². The molecule has 1 N–H and O–H groups in total. The van der Waals surface area contributed by atoms with E-state index >= 15 is 0 Å². The molecule has 0 bridgehead atoms. The van der Waals surface area contributed by atoms with Gasteiger partial charge in [-0.1, -0.05) is 19.1 Å². The lowest BCUT2D eigenvalue weighted by atomic mass is 10.00. The van der Waals surface area contributed by atoms with Crippen LogP contribution >= 0.6 is 0 Å². The number of benzene rings is 1. The zero-order valence-electron chi connectivity index (χ0n) is 15.2. The molecule has 2 fully saturated rings. The molecule has 3 rings (SSSR count). The van der Waals surface area contributed by atoms with E-state index in [1.807, 2.05) is 29.2 Å². The summed E-state index contributed by atoms with van der Waals surface area (Å²) in [6.07, 6.45) is 3.74. The Morgan fingerprint density at radius 2 is 2.16 bits per heavy atom. The summed E-state index contributed by atoms with van der Waals surface area (Å²) in [4.78, 5) is 26.8. The molecule has 136 valence electrons. The topological polar surface area (TPSA) is 58.6 Å². The van der Waals surface area contributed by atoms with Crippen LogP contribution in [0.1, 0.15) is 31.7 Å². The van der Waals surface area contributed by atoms with Crippen molar-refractivity contribution >= 4 is 11.8 Å². The lowest BCUT2D eigenvalue weighted by Gasteiger charge is -2.31. The fourth-order valence-electron chi connectivity index (χ4n) is 3.67. The van der Waals surface area contributed by atoms with Crippen molar-refractivity contribution in [3.05, 3.63) is 29.8 Å². The number of nitrogens with one attached hydrogen (secondary N) is 1. The first-order valence-electron chi connectivity index (χ1n) is 9.28. The van der Waals surface area contributed by atoms with Gasteiger partial charge in [0.25, 0.3) is 0 Å². The predicted octanol–water partition coefficient (Wildman–Crippen LogP) is 2.25. The fourth-order valence-corrected chi connectivity index (χ4v) is 3.67. The number of hydrogen-bond acceptors (Lipinski definition) is 3. The minimum atomic E-state index is -0.130. The van der Waals surface area contributed by atoms with Crippen LogP contribution in [0.2, 0.25) is 0 Å². The van der Waals surface area contributed by atoms with Gasteiger partial charge in [0, 0.05) is 19.6 Å². The van der Waals surface area contributed by atoms with Crippen molar-refractivity contribution in [2.75, 3.05) is 26.7 Å². The van der Waals surface area contributed by atoms with Crippen molar-refractivity contribution in [3.63, 3.8) is 0 Å². The van der Waals surface area contributed by atoms with Crippen molar-refractivity contribution < 1.29 is 14.3 Å². The van der Waals surface area contributed by atoms with Crippen molar-refractivity contribution in [2.24, 2.45) is 17.8 Å². The van der Waals surface area contributed by atoms with Gasteiger partial charge < -0.3 is 15.0 Å². The van der Waals surface area contributed by atoms with Crippen molar-refractivity contribution in [3.8, 4) is 5.75 Å². The molecule has 1 aliphatic heterocycles. The standard InChI is InChI=1S/C20H28N2O3/c1-14-5-4-10-22(13-14)20(24)18-12-17(18)19(23)21-9-8-15-6-3-7-16(11-15)25-2/h3,6-7,11,14,17-18H,4-5,8-10,12-13H2,1-2H3,(H,21,23). The van der Waals surface area contributed by atoms with Gasteiger partial charge in [-0.05, 0) is 49.3 Å². The number of methoxy groups -OCH3 is 1. The van der Waals surface area contributed by atoms with Crippen LogP contribution < -0.4 is 10.1 Å². The third kappa shape index (κ3) is 4.53. The van der Waals surface area contributed by atoms with E-state index in [1.165, 1.54) is 6.42 Å².